The Labute approximate surface area is 362 Å². The van der Waals surface area contributed by atoms with Crippen molar-refractivity contribution in [1.82, 2.24) is 24.5 Å². The number of aromatic nitrogens is 5. The highest BCUT2D eigenvalue weighted by atomic mass is 15.0. The highest BCUT2D eigenvalue weighted by Gasteiger charge is 2.21. The minimum atomic E-state index is 0.398. The molecule has 3 heterocycles. The Morgan fingerprint density at radius 1 is 0.381 bits per heavy atom. The Balaban J connectivity index is 1.22. The van der Waals surface area contributed by atoms with E-state index in [1.54, 1.807) is 30.5 Å². The first-order valence-corrected chi connectivity index (χ1v) is 19.9. The van der Waals surface area contributed by atoms with Crippen molar-refractivity contribution in [2.45, 2.75) is 0 Å². The SMILES string of the molecule is N#Cc1ccc(-c2ccc3c(c2)c2cc(-c4ccc(C#N)cc4C#N)ccc2n3-c2ccc(-c3nc(-c4ccccc4)nc(-c4ccccc4)n3)c(-c3cccnc3)c2)c(C#N)c1. The van der Waals surface area contributed by atoms with Crippen LogP contribution in [0.15, 0.2) is 176 Å². The van der Waals surface area contributed by atoms with E-state index in [1.165, 1.54) is 0 Å². The van der Waals surface area contributed by atoms with Crippen LogP contribution in [0.2, 0.25) is 0 Å². The number of nitriles is 4. The van der Waals surface area contributed by atoms with Gasteiger partial charge in [-0.15, -0.1) is 0 Å². The van der Waals surface area contributed by atoms with Crippen LogP contribution in [-0.2, 0) is 0 Å². The summed E-state index contributed by atoms with van der Waals surface area (Å²) >= 11 is 0. The van der Waals surface area contributed by atoms with Gasteiger partial charge >= 0.3 is 0 Å². The number of nitrogens with zero attached hydrogens (tertiary/aromatic N) is 9. The van der Waals surface area contributed by atoms with Gasteiger partial charge in [0.25, 0.3) is 0 Å². The Morgan fingerprint density at radius 2 is 0.889 bits per heavy atom. The minimum absolute atomic E-state index is 0.398. The number of rotatable bonds is 7. The molecular weight excluding hydrogens is 775 g/mol. The third kappa shape index (κ3) is 6.87. The lowest BCUT2D eigenvalue weighted by atomic mass is 9.95. The van der Waals surface area contributed by atoms with Crippen molar-refractivity contribution in [3.8, 4) is 97.5 Å². The van der Waals surface area contributed by atoms with Crippen molar-refractivity contribution >= 4 is 21.8 Å². The number of pyridine rings is 1. The summed E-state index contributed by atoms with van der Waals surface area (Å²) in [6.45, 7) is 0. The van der Waals surface area contributed by atoms with Gasteiger partial charge in [0, 0.05) is 51.1 Å². The second-order valence-corrected chi connectivity index (χ2v) is 14.8. The maximum Gasteiger partial charge on any atom is 0.164 e. The Hall–Kier alpha value is -9.54. The zero-order valence-electron chi connectivity index (χ0n) is 33.3. The molecule has 0 amide bonds. The molecule has 9 heteroatoms. The lowest BCUT2D eigenvalue weighted by Crippen LogP contribution is -2.02. The first kappa shape index (κ1) is 37.7. The summed E-state index contributed by atoms with van der Waals surface area (Å²) in [5, 5.41) is 41.2. The summed E-state index contributed by atoms with van der Waals surface area (Å²) in [6.07, 6.45) is 3.58. The highest BCUT2D eigenvalue weighted by Crippen LogP contribution is 2.41. The van der Waals surface area contributed by atoms with Crippen molar-refractivity contribution in [3.05, 3.63) is 198 Å². The van der Waals surface area contributed by atoms with Crippen LogP contribution in [-0.4, -0.2) is 24.5 Å². The molecule has 0 bridgehead atoms. The van der Waals surface area contributed by atoms with Crippen LogP contribution in [0.25, 0.3) is 95.0 Å². The molecule has 0 atom stereocenters. The lowest BCUT2D eigenvalue weighted by molar-refractivity contribution is 1.07. The Kier molecular flexibility index (Phi) is 9.52. The Morgan fingerprint density at radius 3 is 1.38 bits per heavy atom. The molecule has 10 aromatic rings. The Bertz CT molecular complexity index is 3420. The maximum atomic E-state index is 10.1. The lowest BCUT2D eigenvalue weighted by Gasteiger charge is -2.15. The summed E-state index contributed by atoms with van der Waals surface area (Å²) in [6, 6.07) is 61.2. The molecule has 0 N–H and O–H groups in total. The zero-order chi connectivity index (χ0) is 42.9. The van der Waals surface area contributed by atoms with Gasteiger partial charge < -0.3 is 4.57 Å². The van der Waals surface area contributed by atoms with Crippen LogP contribution in [0.3, 0.4) is 0 Å². The molecular formula is C54H29N9. The zero-order valence-corrected chi connectivity index (χ0v) is 33.3. The van der Waals surface area contributed by atoms with Gasteiger partial charge in [-0.25, -0.2) is 15.0 Å². The van der Waals surface area contributed by atoms with Crippen LogP contribution < -0.4 is 0 Å². The molecule has 10 rings (SSSR count). The third-order valence-electron chi connectivity index (χ3n) is 11.1. The van der Waals surface area contributed by atoms with E-state index in [1.807, 2.05) is 121 Å². The predicted octanol–water partition coefficient (Wildman–Crippen LogP) is 11.9. The second-order valence-electron chi connectivity index (χ2n) is 14.8. The second kappa shape index (κ2) is 15.9. The van der Waals surface area contributed by atoms with Crippen LogP contribution in [0.1, 0.15) is 22.3 Å². The van der Waals surface area contributed by atoms with Gasteiger partial charge in [-0.2, -0.15) is 21.0 Å². The maximum absolute atomic E-state index is 10.1. The molecule has 63 heavy (non-hydrogen) atoms. The van der Waals surface area contributed by atoms with Crippen LogP contribution >= 0.6 is 0 Å². The molecule has 290 valence electrons. The fraction of sp³-hybridized carbons (Fsp3) is 0. The number of fused-ring (bicyclic) bond motifs is 3. The molecule has 7 aromatic carbocycles. The van der Waals surface area contributed by atoms with Gasteiger partial charge in [0.2, 0.25) is 0 Å². The normalized spacial score (nSPS) is 10.8. The summed E-state index contributed by atoms with van der Waals surface area (Å²) in [4.78, 5) is 19.6. The topological polar surface area (TPSA) is 152 Å². The van der Waals surface area contributed by atoms with E-state index in [0.29, 0.717) is 50.9 Å². The summed E-state index contributed by atoms with van der Waals surface area (Å²) in [7, 11) is 0. The van der Waals surface area contributed by atoms with E-state index >= 15 is 0 Å². The van der Waals surface area contributed by atoms with E-state index in [2.05, 4.69) is 58.1 Å². The van der Waals surface area contributed by atoms with Crippen LogP contribution in [0.5, 0.6) is 0 Å². The molecule has 0 aliphatic rings. The van der Waals surface area contributed by atoms with Gasteiger partial charge in [-0.1, -0.05) is 91.0 Å². The summed E-state index contributed by atoms with van der Waals surface area (Å²) in [5.74, 6) is 1.62. The first-order valence-electron chi connectivity index (χ1n) is 19.9. The largest absolute Gasteiger partial charge is 0.309 e. The average Bonchev–Trinajstić information content (AvgIpc) is 3.69. The van der Waals surface area contributed by atoms with E-state index in [-0.39, 0.29) is 0 Å². The molecule has 0 spiro atoms. The molecule has 0 saturated heterocycles. The van der Waals surface area contributed by atoms with Crippen molar-refractivity contribution < 1.29 is 0 Å². The monoisotopic (exact) mass is 803 g/mol. The number of hydrogen-bond acceptors (Lipinski definition) is 8. The van der Waals surface area contributed by atoms with Crippen LogP contribution in [0.4, 0.5) is 0 Å². The smallest absolute Gasteiger partial charge is 0.164 e. The van der Waals surface area contributed by atoms with Gasteiger partial charge in [-0.3, -0.25) is 4.98 Å². The third-order valence-corrected chi connectivity index (χ3v) is 11.1. The van der Waals surface area contributed by atoms with Gasteiger partial charge in [0.15, 0.2) is 17.5 Å². The fourth-order valence-electron chi connectivity index (χ4n) is 8.11. The molecule has 0 fully saturated rings. The minimum Gasteiger partial charge on any atom is -0.309 e. The molecule has 0 saturated carbocycles. The molecule has 0 aliphatic heterocycles. The average molecular weight is 804 g/mol. The number of hydrogen-bond donors (Lipinski definition) is 0. The summed E-state index contributed by atoms with van der Waals surface area (Å²) in [5.41, 5.74) is 11.6. The molecule has 9 nitrogen and oxygen atoms in total. The quantitative estimate of drug-likeness (QED) is 0.154. The van der Waals surface area contributed by atoms with Crippen molar-refractivity contribution in [1.29, 1.82) is 21.0 Å². The van der Waals surface area contributed by atoms with E-state index in [4.69, 9.17) is 15.0 Å². The molecule has 0 aliphatic carbocycles. The van der Waals surface area contributed by atoms with Crippen LogP contribution in [0, 0.1) is 45.3 Å². The molecule has 3 aromatic heterocycles. The van der Waals surface area contributed by atoms with E-state index in [9.17, 15) is 21.0 Å². The van der Waals surface area contributed by atoms with Gasteiger partial charge in [-0.05, 0) is 101 Å². The highest BCUT2D eigenvalue weighted by molar-refractivity contribution is 6.12. The summed E-state index contributed by atoms with van der Waals surface area (Å²) < 4.78 is 2.20. The van der Waals surface area contributed by atoms with Gasteiger partial charge in [0.1, 0.15) is 0 Å². The van der Waals surface area contributed by atoms with Crippen molar-refractivity contribution in [2.24, 2.45) is 0 Å². The van der Waals surface area contributed by atoms with Gasteiger partial charge in [0.05, 0.1) is 57.6 Å². The van der Waals surface area contributed by atoms with Crippen molar-refractivity contribution in [3.63, 3.8) is 0 Å². The fourth-order valence-corrected chi connectivity index (χ4v) is 8.11. The van der Waals surface area contributed by atoms with E-state index < -0.39 is 0 Å². The predicted molar refractivity (Wildman–Crippen MR) is 243 cm³/mol. The standard InChI is InChI=1S/C54H29N9/c55-29-34-13-18-44(41(24-34)31-57)38-15-21-50-48(26-38)49-27-39(45-19-14-35(30-56)25-42(45)32-58)16-22-51(49)63(50)43-17-20-46(47(28-43)40-12-7-23-59-33-40)54-61-52(36-8-3-1-4-9-36)60-53(62-54)37-10-5-2-6-11-37/h1-28,33H. The molecule has 0 unspecified atom stereocenters. The molecule has 0 radical (unpaired) electrons. The van der Waals surface area contributed by atoms with E-state index in [0.717, 1.165) is 66.4 Å². The number of benzene rings is 7. The van der Waals surface area contributed by atoms with Crippen molar-refractivity contribution in [2.75, 3.05) is 0 Å². The first-order chi connectivity index (χ1) is 31.0.